The molecular weight excluding hydrogens is 346 g/mol. The molecule has 1 aliphatic heterocycles. The first-order chi connectivity index (χ1) is 11.2. The van der Waals surface area contributed by atoms with Gasteiger partial charge < -0.3 is 10.6 Å². The van der Waals surface area contributed by atoms with Crippen LogP contribution in [0.25, 0.3) is 0 Å². The Kier molecular flexibility index (Phi) is 6.52. The molecule has 1 aromatic rings. The van der Waals surface area contributed by atoms with E-state index in [0.29, 0.717) is 23.9 Å². The molecule has 1 saturated heterocycles. The van der Waals surface area contributed by atoms with Crippen LogP contribution in [0, 0.1) is 5.92 Å². The van der Waals surface area contributed by atoms with Crippen molar-refractivity contribution in [1.29, 1.82) is 0 Å². The van der Waals surface area contributed by atoms with Crippen LogP contribution in [-0.2, 0) is 9.84 Å². The molecular formula is C17H26ClN3O2S. The molecule has 7 heteroatoms. The minimum absolute atomic E-state index is 0.0691. The summed E-state index contributed by atoms with van der Waals surface area (Å²) >= 11 is 5.93. The molecule has 0 aromatic heterocycles. The molecule has 1 aromatic carbocycles. The molecule has 134 valence electrons. The van der Waals surface area contributed by atoms with Crippen LogP contribution in [0.1, 0.15) is 38.8 Å². The zero-order chi connectivity index (χ0) is 17.7. The van der Waals surface area contributed by atoms with Gasteiger partial charge in [-0.25, -0.2) is 8.42 Å². The number of benzene rings is 1. The quantitative estimate of drug-likeness (QED) is 0.616. The highest BCUT2D eigenvalue weighted by Crippen LogP contribution is 2.19. The SMILES string of the molecule is CC(C)NC(=NCC1CCS(=O)(=O)C1)NC(C)c1ccc(Cl)cc1. The van der Waals surface area contributed by atoms with Gasteiger partial charge in [-0.2, -0.15) is 0 Å². The third-order valence-electron chi connectivity index (χ3n) is 3.98. The minimum Gasteiger partial charge on any atom is -0.354 e. The summed E-state index contributed by atoms with van der Waals surface area (Å²) in [4.78, 5) is 4.60. The fraction of sp³-hybridized carbons (Fsp3) is 0.588. The van der Waals surface area contributed by atoms with Gasteiger partial charge in [-0.05, 0) is 50.8 Å². The van der Waals surface area contributed by atoms with Crippen molar-refractivity contribution in [2.45, 2.75) is 39.3 Å². The van der Waals surface area contributed by atoms with Gasteiger partial charge in [-0.1, -0.05) is 23.7 Å². The van der Waals surface area contributed by atoms with Gasteiger partial charge in [0.25, 0.3) is 0 Å². The molecule has 0 amide bonds. The average molecular weight is 372 g/mol. The third-order valence-corrected chi connectivity index (χ3v) is 6.07. The molecule has 5 nitrogen and oxygen atoms in total. The van der Waals surface area contributed by atoms with E-state index < -0.39 is 9.84 Å². The number of sulfone groups is 1. The summed E-state index contributed by atoms with van der Waals surface area (Å²) in [6.45, 7) is 6.67. The van der Waals surface area contributed by atoms with Gasteiger partial charge in [0, 0.05) is 17.6 Å². The lowest BCUT2D eigenvalue weighted by Crippen LogP contribution is -2.42. The fourth-order valence-corrected chi connectivity index (χ4v) is 4.66. The van der Waals surface area contributed by atoms with E-state index in [4.69, 9.17) is 11.6 Å². The van der Waals surface area contributed by atoms with Gasteiger partial charge >= 0.3 is 0 Å². The van der Waals surface area contributed by atoms with Gasteiger partial charge in [-0.3, -0.25) is 4.99 Å². The predicted octanol–water partition coefficient (Wildman–Crippen LogP) is 2.78. The number of aliphatic imine (C=N–C) groups is 1. The zero-order valence-corrected chi connectivity index (χ0v) is 16.0. The third kappa shape index (κ3) is 5.98. The second kappa shape index (κ2) is 8.21. The number of rotatable bonds is 5. The van der Waals surface area contributed by atoms with Gasteiger partial charge in [0.15, 0.2) is 15.8 Å². The lowest BCUT2D eigenvalue weighted by molar-refractivity contribution is 0.584. The molecule has 24 heavy (non-hydrogen) atoms. The first-order valence-electron chi connectivity index (χ1n) is 8.28. The van der Waals surface area contributed by atoms with Crippen molar-refractivity contribution in [2.75, 3.05) is 18.1 Å². The van der Waals surface area contributed by atoms with E-state index in [1.165, 1.54) is 0 Å². The molecule has 1 heterocycles. The topological polar surface area (TPSA) is 70.6 Å². The van der Waals surface area contributed by atoms with Crippen molar-refractivity contribution in [1.82, 2.24) is 10.6 Å². The summed E-state index contributed by atoms with van der Waals surface area (Å²) < 4.78 is 23.1. The van der Waals surface area contributed by atoms with Crippen molar-refractivity contribution < 1.29 is 8.42 Å². The van der Waals surface area contributed by atoms with Crippen molar-refractivity contribution in [3.63, 3.8) is 0 Å². The summed E-state index contributed by atoms with van der Waals surface area (Å²) in [5, 5.41) is 7.39. The fourth-order valence-electron chi connectivity index (χ4n) is 2.68. The van der Waals surface area contributed by atoms with E-state index in [1.54, 1.807) is 0 Å². The Morgan fingerprint density at radius 1 is 1.25 bits per heavy atom. The summed E-state index contributed by atoms with van der Waals surface area (Å²) in [5.41, 5.74) is 1.11. The maximum absolute atomic E-state index is 11.6. The normalized spacial score (nSPS) is 21.7. The molecule has 2 unspecified atom stereocenters. The summed E-state index contributed by atoms with van der Waals surface area (Å²) in [6, 6.07) is 8.00. The van der Waals surface area contributed by atoms with Crippen LogP contribution in [0.2, 0.25) is 5.02 Å². The van der Waals surface area contributed by atoms with Crippen LogP contribution in [-0.4, -0.2) is 38.5 Å². The van der Waals surface area contributed by atoms with Crippen LogP contribution in [0.3, 0.4) is 0 Å². The van der Waals surface area contributed by atoms with Crippen molar-refractivity contribution in [3.8, 4) is 0 Å². The molecule has 0 saturated carbocycles. The largest absolute Gasteiger partial charge is 0.354 e. The maximum Gasteiger partial charge on any atom is 0.191 e. The van der Waals surface area contributed by atoms with Crippen molar-refractivity contribution in [2.24, 2.45) is 10.9 Å². The Balaban J connectivity index is 2.01. The van der Waals surface area contributed by atoms with Crippen LogP contribution >= 0.6 is 11.6 Å². The Hall–Kier alpha value is -1.27. The molecule has 0 aliphatic carbocycles. The smallest absolute Gasteiger partial charge is 0.191 e. The lowest BCUT2D eigenvalue weighted by Gasteiger charge is -2.21. The number of nitrogens with one attached hydrogen (secondary N) is 2. The molecule has 0 radical (unpaired) electrons. The van der Waals surface area contributed by atoms with Crippen LogP contribution < -0.4 is 10.6 Å². The Morgan fingerprint density at radius 3 is 2.46 bits per heavy atom. The second-order valence-electron chi connectivity index (χ2n) is 6.67. The standard InChI is InChI=1S/C17H26ClN3O2S/c1-12(2)20-17(19-10-14-8-9-24(22,23)11-14)21-13(3)15-4-6-16(18)7-5-15/h4-7,12-14H,8-11H2,1-3H3,(H2,19,20,21). The molecule has 0 bridgehead atoms. The molecule has 2 rings (SSSR count). The van der Waals surface area contributed by atoms with E-state index in [0.717, 1.165) is 5.56 Å². The maximum atomic E-state index is 11.6. The minimum atomic E-state index is -2.86. The van der Waals surface area contributed by atoms with Crippen LogP contribution in [0.4, 0.5) is 0 Å². The highest BCUT2D eigenvalue weighted by molar-refractivity contribution is 7.91. The number of guanidine groups is 1. The monoisotopic (exact) mass is 371 g/mol. The highest BCUT2D eigenvalue weighted by atomic mass is 35.5. The summed E-state index contributed by atoms with van der Waals surface area (Å²) in [6.07, 6.45) is 0.702. The molecule has 0 spiro atoms. The second-order valence-corrected chi connectivity index (χ2v) is 9.34. The first-order valence-corrected chi connectivity index (χ1v) is 10.5. The first kappa shape index (κ1) is 19.1. The Bertz CT molecular complexity index is 672. The number of halogens is 1. The van der Waals surface area contributed by atoms with Gasteiger partial charge in [0.2, 0.25) is 0 Å². The average Bonchev–Trinajstić information content (AvgIpc) is 2.84. The van der Waals surface area contributed by atoms with Gasteiger partial charge in [0.05, 0.1) is 17.5 Å². The molecule has 1 fully saturated rings. The van der Waals surface area contributed by atoms with Crippen molar-refractivity contribution in [3.05, 3.63) is 34.9 Å². The van der Waals surface area contributed by atoms with Gasteiger partial charge in [-0.15, -0.1) is 0 Å². The van der Waals surface area contributed by atoms with Gasteiger partial charge in [0.1, 0.15) is 0 Å². The summed E-state index contributed by atoms with van der Waals surface area (Å²) in [7, 11) is -2.86. The molecule has 2 atom stereocenters. The van der Waals surface area contributed by atoms with Crippen molar-refractivity contribution >= 4 is 27.4 Å². The van der Waals surface area contributed by atoms with E-state index in [1.807, 2.05) is 38.1 Å². The Morgan fingerprint density at radius 2 is 1.92 bits per heavy atom. The van der Waals surface area contributed by atoms with E-state index in [-0.39, 0.29) is 29.5 Å². The number of hydrogen-bond acceptors (Lipinski definition) is 3. The number of hydrogen-bond donors (Lipinski definition) is 2. The van der Waals surface area contributed by atoms with E-state index >= 15 is 0 Å². The predicted molar refractivity (Wildman–Crippen MR) is 100 cm³/mol. The molecule has 2 N–H and O–H groups in total. The van der Waals surface area contributed by atoms with E-state index in [2.05, 4.69) is 22.5 Å². The van der Waals surface area contributed by atoms with Crippen LogP contribution in [0.15, 0.2) is 29.3 Å². The lowest BCUT2D eigenvalue weighted by atomic mass is 10.1. The van der Waals surface area contributed by atoms with Crippen LogP contribution in [0.5, 0.6) is 0 Å². The van der Waals surface area contributed by atoms with E-state index in [9.17, 15) is 8.42 Å². The highest BCUT2D eigenvalue weighted by Gasteiger charge is 2.27. The zero-order valence-electron chi connectivity index (χ0n) is 14.4. The Labute approximate surface area is 149 Å². The molecule has 1 aliphatic rings. The summed E-state index contributed by atoms with van der Waals surface area (Å²) in [5.74, 6) is 1.36. The number of nitrogens with zero attached hydrogens (tertiary/aromatic N) is 1.